The summed E-state index contributed by atoms with van der Waals surface area (Å²) >= 11 is 0. The topological polar surface area (TPSA) is 29.1 Å². The van der Waals surface area contributed by atoms with E-state index in [1.807, 2.05) is 13.0 Å². The van der Waals surface area contributed by atoms with Crippen molar-refractivity contribution in [3.8, 4) is 0 Å². The van der Waals surface area contributed by atoms with Crippen molar-refractivity contribution in [1.82, 2.24) is 5.32 Å². The third kappa shape index (κ3) is 3.74. The van der Waals surface area contributed by atoms with Crippen LogP contribution in [0.1, 0.15) is 19.8 Å². The highest BCUT2D eigenvalue weighted by Gasteiger charge is 2.29. The van der Waals surface area contributed by atoms with Crippen LogP contribution in [0.25, 0.3) is 0 Å². The molecule has 0 bridgehead atoms. The molecule has 0 atom stereocenters. The van der Waals surface area contributed by atoms with Gasteiger partial charge < -0.3 is 5.32 Å². The standard InChI is InChI=1S/C11H15NO/c1-8(2)4-5-9(3)12-11(13)10-6-7-10/h4-5,10H,1,3,6-7H2,2H3,(H,12,13)/b5-4-. The molecule has 1 aliphatic carbocycles. The van der Waals surface area contributed by atoms with E-state index >= 15 is 0 Å². The fourth-order valence-electron chi connectivity index (χ4n) is 0.890. The van der Waals surface area contributed by atoms with Crippen molar-refractivity contribution < 1.29 is 4.79 Å². The maximum absolute atomic E-state index is 11.2. The number of hydrogen-bond acceptors (Lipinski definition) is 1. The van der Waals surface area contributed by atoms with Gasteiger partial charge in [0.25, 0.3) is 0 Å². The van der Waals surface area contributed by atoms with Crippen LogP contribution in [-0.2, 0) is 4.79 Å². The van der Waals surface area contributed by atoms with E-state index in [0.29, 0.717) is 5.70 Å². The zero-order chi connectivity index (χ0) is 9.84. The van der Waals surface area contributed by atoms with Crippen LogP contribution >= 0.6 is 0 Å². The summed E-state index contributed by atoms with van der Waals surface area (Å²) in [5, 5.41) is 2.74. The van der Waals surface area contributed by atoms with Gasteiger partial charge in [-0.15, -0.1) is 0 Å². The minimum Gasteiger partial charge on any atom is -0.326 e. The van der Waals surface area contributed by atoms with E-state index in [9.17, 15) is 4.79 Å². The molecule has 0 aromatic rings. The fourth-order valence-corrected chi connectivity index (χ4v) is 0.890. The van der Waals surface area contributed by atoms with Crippen molar-refractivity contribution in [1.29, 1.82) is 0 Å². The second-order valence-corrected chi connectivity index (χ2v) is 3.47. The third-order valence-electron chi connectivity index (χ3n) is 1.80. The van der Waals surface area contributed by atoms with Gasteiger partial charge in [0.15, 0.2) is 0 Å². The van der Waals surface area contributed by atoms with Crippen molar-refractivity contribution in [3.05, 3.63) is 36.6 Å². The van der Waals surface area contributed by atoms with Crippen molar-refractivity contribution in [2.45, 2.75) is 19.8 Å². The molecule has 13 heavy (non-hydrogen) atoms. The van der Waals surface area contributed by atoms with Gasteiger partial charge in [0.1, 0.15) is 0 Å². The molecule has 1 fully saturated rings. The second-order valence-electron chi connectivity index (χ2n) is 3.47. The number of carbonyl (C=O) groups excluding carboxylic acids is 1. The van der Waals surface area contributed by atoms with Crippen LogP contribution in [0.3, 0.4) is 0 Å². The van der Waals surface area contributed by atoms with E-state index < -0.39 is 0 Å². The summed E-state index contributed by atoms with van der Waals surface area (Å²) in [4.78, 5) is 11.2. The molecule has 2 heteroatoms. The molecule has 0 aromatic heterocycles. The molecule has 0 heterocycles. The Kier molecular flexibility index (Phi) is 3.07. The van der Waals surface area contributed by atoms with E-state index in [2.05, 4.69) is 18.5 Å². The van der Waals surface area contributed by atoms with E-state index in [-0.39, 0.29) is 11.8 Å². The van der Waals surface area contributed by atoms with Gasteiger partial charge in [-0.2, -0.15) is 0 Å². The number of hydrogen-bond donors (Lipinski definition) is 1. The maximum Gasteiger partial charge on any atom is 0.227 e. The number of nitrogens with one attached hydrogen (secondary N) is 1. The predicted molar refractivity (Wildman–Crippen MR) is 54.0 cm³/mol. The van der Waals surface area contributed by atoms with Crippen LogP contribution in [-0.4, -0.2) is 5.91 Å². The molecule has 1 saturated carbocycles. The summed E-state index contributed by atoms with van der Waals surface area (Å²) in [6, 6.07) is 0. The zero-order valence-electron chi connectivity index (χ0n) is 7.97. The van der Waals surface area contributed by atoms with E-state index in [1.165, 1.54) is 0 Å². The number of rotatable bonds is 4. The minimum absolute atomic E-state index is 0.0939. The average molecular weight is 177 g/mol. The molecular weight excluding hydrogens is 162 g/mol. The lowest BCUT2D eigenvalue weighted by atomic mass is 10.3. The summed E-state index contributed by atoms with van der Waals surface area (Å²) in [6.45, 7) is 9.33. The third-order valence-corrected chi connectivity index (χ3v) is 1.80. The summed E-state index contributed by atoms with van der Waals surface area (Å²) in [7, 11) is 0. The van der Waals surface area contributed by atoms with Crippen LogP contribution in [0.4, 0.5) is 0 Å². The Morgan fingerprint density at radius 2 is 2.00 bits per heavy atom. The molecule has 0 aliphatic heterocycles. The van der Waals surface area contributed by atoms with Crippen LogP contribution < -0.4 is 5.32 Å². The molecule has 1 rings (SSSR count). The molecular formula is C11H15NO. The van der Waals surface area contributed by atoms with E-state index in [0.717, 1.165) is 18.4 Å². The molecule has 1 amide bonds. The normalized spacial score (nSPS) is 15.8. The molecule has 2 nitrogen and oxygen atoms in total. The highest BCUT2D eigenvalue weighted by Crippen LogP contribution is 2.28. The zero-order valence-corrected chi connectivity index (χ0v) is 7.97. The van der Waals surface area contributed by atoms with Crippen molar-refractivity contribution >= 4 is 5.91 Å². The number of amides is 1. The number of allylic oxidation sites excluding steroid dienone is 3. The molecule has 0 saturated heterocycles. The molecule has 0 aromatic carbocycles. The maximum atomic E-state index is 11.2. The molecule has 1 N–H and O–H groups in total. The Morgan fingerprint density at radius 1 is 1.38 bits per heavy atom. The second kappa shape index (κ2) is 4.08. The largest absolute Gasteiger partial charge is 0.326 e. The highest BCUT2D eigenvalue weighted by molar-refractivity contribution is 5.82. The van der Waals surface area contributed by atoms with E-state index in [4.69, 9.17) is 0 Å². The quantitative estimate of drug-likeness (QED) is 0.655. The van der Waals surface area contributed by atoms with Crippen LogP contribution in [0.5, 0.6) is 0 Å². The van der Waals surface area contributed by atoms with Gasteiger partial charge in [0.05, 0.1) is 0 Å². The lowest BCUT2D eigenvalue weighted by Crippen LogP contribution is -2.22. The molecule has 1 aliphatic rings. The number of carbonyl (C=O) groups is 1. The molecule has 70 valence electrons. The van der Waals surface area contributed by atoms with Gasteiger partial charge in [0, 0.05) is 11.6 Å². The lowest BCUT2D eigenvalue weighted by molar-refractivity contribution is -0.121. The first-order valence-electron chi connectivity index (χ1n) is 4.43. The first-order chi connectivity index (χ1) is 6.09. The predicted octanol–water partition coefficient (Wildman–Crippen LogP) is 2.16. The molecule has 0 unspecified atom stereocenters. The van der Waals surface area contributed by atoms with Gasteiger partial charge >= 0.3 is 0 Å². The first-order valence-corrected chi connectivity index (χ1v) is 4.43. The Hall–Kier alpha value is -1.31. The lowest BCUT2D eigenvalue weighted by Gasteiger charge is -2.01. The Bertz CT molecular complexity index is 272. The summed E-state index contributed by atoms with van der Waals surface area (Å²) in [5.41, 5.74) is 1.58. The monoisotopic (exact) mass is 177 g/mol. The minimum atomic E-state index is 0.0939. The van der Waals surface area contributed by atoms with Gasteiger partial charge in [0.2, 0.25) is 5.91 Å². The summed E-state index contributed by atoms with van der Waals surface area (Å²) in [6.07, 6.45) is 5.63. The molecule has 0 radical (unpaired) electrons. The fraction of sp³-hybridized carbons (Fsp3) is 0.364. The molecule has 0 spiro atoms. The van der Waals surface area contributed by atoms with Gasteiger partial charge in [-0.05, 0) is 25.8 Å². The summed E-state index contributed by atoms with van der Waals surface area (Å²) < 4.78 is 0. The van der Waals surface area contributed by atoms with Crippen LogP contribution in [0, 0.1) is 5.92 Å². The Morgan fingerprint density at radius 3 is 2.46 bits per heavy atom. The van der Waals surface area contributed by atoms with Crippen molar-refractivity contribution in [2.24, 2.45) is 5.92 Å². The highest BCUT2D eigenvalue weighted by atomic mass is 16.2. The first kappa shape index (κ1) is 9.78. The SMILES string of the molecule is C=C(C)/C=C\C(=C)NC(=O)C1CC1. The average Bonchev–Trinajstić information content (AvgIpc) is 2.82. The van der Waals surface area contributed by atoms with Crippen LogP contribution in [0.15, 0.2) is 36.6 Å². The van der Waals surface area contributed by atoms with Gasteiger partial charge in [-0.1, -0.05) is 24.8 Å². The van der Waals surface area contributed by atoms with Crippen molar-refractivity contribution in [3.63, 3.8) is 0 Å². The Labute approximate surface area is 79.0 Å². The van der Waals surface area contributed by atoms with E-state index in [1.54, 1.807) is 6.08 Å². The smallest absolute Gasteiger partial charge is 0.227 e. The van der Waals surface area contributed by atoms with Crippen molar-refractivity contribution in [2.75, 3.05) is 0 Å². The van der Waals surface area contributed by atoms with Crippen LogP contribution in [0.2, 0.25) is 0 Å². The summed E-state index contributed by atoms with van der Waals surface area (Å²) in [5.74, 6) is 0.325. The van der Waals surface area contributed by atoms with Gasteiger partial charge in [-0.3, -0.25) is 4.79 Å². The van der Waals surface area contributed by atoms with Gasteiger partial charge in [-0.25, -0.2) is 0 Å². The Balaban J connectivity index is 2.31.